The number of para-hydroxylation sites is 1. The Balaban J connectivity index is 2.13. The highest BCUT2D eigenvalue weighted by molar-refractivity contribution is 7.92. The number of fused-ring (bicyclic) bond motifs is 1. The van der Waals surface area contributed by atoms with Gasteiger partial charge in [-0.3, -0.25) is 9.12 Å². The van der Waals surface area contributed by atoms with Crippen molar-refractivity contribution >= 4 is 43.6 Å². The molecule has 0 saturated heterocycles. The highest BCUT2D eigenvalue weighted by Gasteiger charge is 2.26. The van der Waals surface area contributed by atoms with Crippen LogP contribution in [0.15, 0.2) is 34.8 Å². The van der Waals surface area contributed by atoms with E-state index in [9.17, 15) is 12.8 Å². The van der Waals surface area contributed by atoms with Crippen molar-refractivity contribution in [2.24, 2.45) is 0 Å². The Morgan fingerprint density at radius 2 is 2.19 bits per heavy atom. The summed E-state index contributed by atoms with van der Waals surface area (Å²) in [6.45, 7) is 1.61. The molecular formula is C12H9ClFN3O2S2. The Bertz CT molecular complexity index is 913. The van der Waals surface area contributed by atoms with Gasteiger partial charge in [0.1, 0.15) is 5.82 Å². The van der Waals surface area contributed by atoms with E-state index in [1.165, 1.54) is 27.9 Å². The molecule has 1 aromatic carbocycles. The predicted molar refractivity (Wildman–Crippen MR) is 80.0 cm³/mol. The van der Waals surface area contributed by atoms with Gasteiger partial charge in [0.2, 0.25) is 0 Å². The minimum Gasteiger partial charge on any atom is -0.278 e. The normalized spacial score (nSPS) is 12.0. The lowest BCUT2D eigenvalue weighted by molar-refractivity contribution is 0.594. The van der Waals surface area contributed by atoms with E-state index in [0.29, 0.717) is 10.5 Å². The van der Waals surface area contributed by atoms with Crippen molar-refractivity contribution in [3.63, 3.8) is 0 Å². The number of benzene rings is 1. The van der Waals surface area contributed by atoms with Gasteiger partial charge in [-0.25, -0.2) is 9.37 Å². The molecule has 0 aliphatic rings. The van der Waals surface area contributed by atoms with Gasteiger partial charge in [-0.2, -0.15) is 8.42 Å². The van der Waals surface area contributed by atoms with Crippen molar-refractivity contribution in [1.82, 2.24) is 9.38 Å². The van der Waals surface area contributed by atoms with Crippen molar-refractivity contribution in [1.29, 1.82) is 0 Å². The summed E-state index contributed by atoms with van der Waals surface area (Å²) in [4.78, 5) is 4.41. The number of aryl methyl sites for hydroxylation is 1. The summed E-state index contributed by atoms with van der Waals surface area (Å²) in [6.07, 6.45) is 1.54. The maximum absolute atomic E-state index is 13.8. The zero-order valence-corrected chi connectivity index (χ0v) is 13.1. The molecule has 0 aliphatic heterocycles. The van der Waals surface area contributed by atoms with Crippen LogP contribution in [0.3, 0.4) is 0 Å². The second-order valence-electron chi connectivity index (χ2n) is 4.30. The summed E-state index contributed by atoms with van der Waals surface area (Å²) >= 11 is 7.15. The van der Waals surface area contributed by atoms with Gasteiger partial charge in [0.05, 0.1) is 5.69 Å². The van der Waals surface area contributed by atoms with Gasteiger partial charge >= 0.3 is 0 Å². The summed E-state index contributed by atoms with van der Waals surface area (Å²) in [5, 5.41) is 1.33. The third-order valence-electron chi connectivity index (χ3n) is 2.89. The number of thiazole rings is 1. The number of halogens is 2. The number of hydrogen-bond donors (Lipinski definition) is 1. The molecule has 0 radical (unpaired) electrons. The van der Waals surface area contributed by atoms with E-state index in [2.05, 4.69) is 9.71 Å². The molecule has 5 nitrogen and oxygen atoms in total. The molecule has 0 saturated carbocycles. The van der Waals surface area contributed by atoms with E-state index in [-0.39, 0.29) is 15.9 Å². The lowest BCUT2D eigenvalue weighted by Crippen LogP contribution is -2.17. The number of rotatable bonds is 3. The minimum absolute atomic E-state index is 0.0984. The zero-order valence-electron chi connectivity index (χ0n) is 10.7. The third-order valence-corrected chi connectivity index (χ3v) is 5.40. The van der Waals surface area contributed by atoms with E-state index >= 15 is 0 Å². The fourth-order valence-corrected chi connectivity index (χ4v) is 4.52. The molecule has 2 heterocycles. The third kappa shape index (κ3) is 2.39. The quantitative estimate of drug-likeness (QED) is 0.792. The van der Waals surface area contributed by atoms with Gasteiger partial charge in [-0.15, -0.1) is 11.3 Å². The molecular weight excluding hydrogens is 337 g/mol. The molecule has 0 amide bonds. The standard InChI is InChI=1S/C12H9ClFN3O2S2/c1-7-3-2-4-8(14)9(7)16-21(18,19)11-10(13)15-12-17(11)5-6-20-12/h2-6,16H,1H3. The summed E-state index contributed by atoms with van der Waals surface area (Å²) in [5.41, 5.74) is 0.375. The maximum Gasteiger partial charge on any atom is 0.281 e. The highest BCUT2D eigenvalue weighted by atomic mass is 35.5. The second kappa shape index (κ2) is 4.97. The van der Waals surface area contributed by atoms with Gasteiger partial charge < -0.3 is 0 Å². The van der Waals surface area contributed by atoms with Crippen LogP contribution >= 0.6 is 22.9 Å². The zero-order chi connectivity index (χ0) is 15.2. The molecule has 21 heavy (non-hydrogen) atoms. The van der Waals surface area contributed by atoms with E-state index in [4.69, 9.17) is 11.6 Å². The highest BCUT2D eigenvalue weighted by Crippen LogP contribution is 2.28. The van der Waals surface area contributed by atoms with Crippen molar-refractivity contribution in [3.05, 3.63) is 46.3 Å². The molecule has 3 rings (SSSR count). The predicted octanol–water partition coefficient (Wildman–Crippen LogP) is 3.30. The number of aromatic nitrogens is 2. The molecule has 1 N–H and O–H groups in total. The Morgan fingerprint density at radius 3 is 2.90 bits per heavy atom. The SMILES string of the molecule is Cc1cccc(F)c1NS(=O)(=O)c1c(Cl)nc2sccn12. The van der Waals surface area contributed by atoms with Crippen molar-refractivity contribution in [2.75, 3.05) is 4.72 Å². The Hall–Kier alpha value is -1.64. The Morgan fingerprint density at radius 1 is 1.43 bits per heavy atom. The van der Waals surface area contributed by atoms with Crippen LogP contribution in [0.2, 0.25) is 5.15 Å². The van der Waals surface area contributed by atoms with Gasteiger partial charge in [-0.1, -0.05) is 23.7 Å². The largest absolute Gasteiger partial charge is 0.281 e. The molecule has 9 heteroatoms. The van der Waals surface area contributed by atoms with Gasteiger partial charge in [-0.05, 0) is 18.6 Å². The van der Waals surface area contributed by atoms with Crippen molar-refractivity contribution in [3.8, 4) is 0 Å². The number of sulfonamides is 1. The van der Waals surface area contributed by atoms with Crippen molar-refractivity contribution in [2.45, 2.75) is 11.9 Å². The summed E-state index contributed by atoms with van der Waals surface area (Å²) in [7, 11) is -4.06. The molecule has 0 spiro atoms. The smallest absolute Gasteiger partial charge is 0.278 e. The fourth-order valence-electron chi connectivity index (χ4n) is 1.92. The number of nitrogens with zero attached hydrogens (tertiary/aromatic N) is 2. The first kappa shape index (κ1) is 14.3. The number of anilines is 1. The molecule has 0 aliphatic carbocycles. The second-order valence-corrected chi connectivity index (χ2v) is 7.13. The molecule has 0 atom stereocenters. The molecule has 0 unspecified atom stereocenters. The Labute approximate surface area is 129 Å². The van der Waals surface area contributed by atoms with E-state index < -0.39 is 15.8 Å². The minimum atomic E-state index is -4.06. The van der Waals surface area contributed by atoms with Crippen LogP contribution in [0.25, 0.3) is 4.96 Å². The number of imidazole rings is 1. The van der Waals surface area contributed by atoms with Crippen LogP contribution in [-0.2, 0) is 10.0 Å². The Kier molecular flexibility index (Phi) is 3.39. The van der Waals surface area contributed by atoms with Crippen LogP contribution in [0, 0.1) is 12.7 Å². The topological polar surface area (TPSA) is 63.5 Å². The maximum atomic E-state index is 13.8. The van der Waals surface area contributed by atoms with Crippen LogP contribution in [0.4, 0.5) is 10.1 Å². The van der Waals surface area contributed by atoms with E-state index in [1.807, 2.05) is 0 Å². The lowest BCUT2D eigenvalue weighted by Gasteiger charge is -2.10. The van der Waals surface area contributed by atoms with Crippen LogP contribution < -0.4 is 4.72 Å². The van der Waals surface area contributed by atoms with E-state index in [1.54, 1.807) is 24.6 Å². The molecule has 3 aromatic rings. The number of nitrogens with one attached hydrogen (secondary N) is 1. The van der Waals surface area contributed by atoms with Gasteiger partial charge in [0.25, 0.3) is 10.0 Å². The first-order chi connectivity index (χ1) is 9.90. The summed E-state index contributed by atoms with van der Waals surface area (Å²) < 4.78 is 42.3. The van der Waals surface area contributed by atoms with Gasteiger partial charge in [0.15, 0.2) is 15.1 Å². The molecule has 0 fully saturated rings. The molecule has 2 aromatic heterocycles. The van der Waals surface area contributed by atoms with E-state index in [0.717, 1.165) is 0 Å². The van der Waals surface area contributed by atoms with Gasteiger partial charge in [0, 0.05) is 11.6 Å². The first-order valence-electron chi connectivity index (χ1n) is 5.79. The number of hydrogen-bond acceptors (Lipinski definition) is 4. The summed E-state index contributed by atoms with van der Waals surface area (Å²) in [5.74, 6) is -0.652. The first-order valence-corrected chi connectivity index (χ1v) is 8.53. The fraction of sp³-hybridized carbons (Fsp3) is 0.0833. The lowest BCUT2D eigenvalue weighted by atomic mass is 10.2. The molecule has 110 valence electrons. The van der Waals surface area contributed by atoms with Crippen LogP contribution in [-0.4, -0.2) is 17.8 Å². The monoisotopic (exact) mass is 345 g/mol. The van der Waals surface area contributed by atoms with Crippen LogP contribution in [0.1, 0.15) is 5.56 Å². The molecule has 0 bridgehead atoms. The van der Waals surface area contributed by atoms with Crippen LogP contribution in [0.5, 0.6) is 0 Å². The average Bonchev–Trinajstić information content (AvgIpc) is 2.93. The summed E-state index contributed by atoms with van der Waals surface area (Å²) in [6, 6.07) is 4.30. The average molecular weight is 346 g/mol. The van der Waals surface area contributed by atoms with Crippen molar-refractivity contribution < 1.29 is 12.8 Å².